The smallest absolute Gasteiger partial charge is 0.0687 e. The minimum atomic E-state index is 0. The van der Waals surface area contributed by atoms with Gasteiger partial charge in [-0.1, -0.05) is 23.7 Å². The summed E-state index contributed by atoms with van der Waals surface area (Å²) in [6.07, 6.45) is 1.83. The Bertz CT molecular complexity index is 712. The van der Waals surface area contributed by atoms with E-state index < -0.39 is 0 Å². The van der Waals surface area contributed by atoms with E-state index in [2.05, 4.69) is 5.10 Å². The first kappa shape index (κ1) is 19.9. The maximum absolute atomic E-state index is 5.98. The maximum atomic E-state index is 5.98. The molecule has 0 spiro atoms. The van der Waals surface area contributed by atoms with Crippen molar-refractivity contribution in [3.63, 3.8) is 0 Å². The Labute approximate surface area is 146 Å². The van der Waals surface area contributed by atoms with Crippen LogP contribution in [0.15, 0.2) is 48.7 Å². The second-order valence-corrected chi connectivity index (χ2v) is 4.69. The van der Waals surface area contributed by atoms with E-state index in [0.717, 1.165) is 27.2 Å². The fourth-order valence-electron chi connectivity index (χ4n) is 2.04. The number of aromatic nitrogens is 2. The minimum absolute atomic E-state index is 0. The summed E-state index contributed by atoms with van der Waals surface area (Å²) in [6, 6.07) is 13.6. The minimum Gasteiger partial charge on any atom is -0.399 e. The van der Waals surface area contributed by atoms with E-state index in [-0.39, 0.29) is 37.2 Å². The van der Waals surface area contributed by atoms with Crippen LogP contribution in [-0.4, -0.2) is 9.78 Å². The molecule has 3 nitrogen and oxygen atoms in total. The zero-order valence-electron chi connectivity index (χ0n) is 10.9. The van der Waals surface area contributed by atoms with Crippen LogP contribution in [-0.2, 0) is 6.54 Å². The van der Waals surface area contributed by atoms with Gasteiger partial charge in [-0.2, -0.15) is 5.10 Å². The normalized spacial score (nSPS) is 9.38. The molecule has 2 aromatic carbocycles. The van der Waals surface area contributed by atoms with E-state index in [0.29, 0.717) is 6.54 Å². The molecule has 21 heavy (non-hydrogen) atoms. The summed E-state index contributed by atoms with van der Waals surface area (Å²) < 4.78 is 1.94. The zero-order valence-corrected chi connectivity index (χ0v) is 14.1. The molecule has 0 aliphatic carbocycles. The number of fused-ring (bicyclic) bond motifs is 1. The molecule has 0 radical (unpaired) electrons. The van der Waals surface area contributed by atoms with Crippen LogP contribution in [0.2, 0.25) is 5.02 Å². The SMILES string of the molecule is Cl.Cl.Cl.Nc1ccc2c(cnn2Cc2cccc(Cl)c2)c1. The summed E-state index contributed by atoms with van der Waals surface area (Å²) in [6.45, 7) is 0.702. The predicted octanol–water partition coefficient (Wildman–Crippen LogP) is 4.59. The van der Waals surface area contributed by atoms with Gasteiger partial charge in [0.1, 0.15) is 0 Å². The van der Waals surface area contributed by atoms with Gasteiger partial charge in [0.2, 0.25) is 0 Å². The molecule has 1 heterocycles. The highest BCUT2D eigenvalue weighted by molar-refractivity contribution is 6.30. The lowest BCUT2D eigenvalue weighted by Crippen LogP contribution is -2.01. The summed E-state index contributed by atoms with van der Waals surface area (Å²) in [4.78, 5) is 0. The Hall–Kier alpha value is -1.13. The molecule has 1 aromatic heterocycles. The van der Waals surface area contributed by atoms with Crippen LogP contribution in [0.4, 0.5) is 5.69 Å². The quantitative estimate of drug-likeness (QED) is 0.674. The number of benzene rings is 2. The Morgan fingerprint density at radius 2 is 1.81 bits per heavy atom. The Morgan fingerprint density at radius 3 is 2.52 bits per heavy atom. The predicted molar refractivity (Wildman–Crippen MR) is 96.4 cm³/mol. The number of anilines is 1. The summed E-state index contributed by atoms with van der Waals surface area (Å²) in [5.74, 6) is 0. The molecule has 0 aliphatic heterocycles. The first-order valence-electron chi connectivity index (χ1n) is 5.68. The lowest BCUT2D eigenvalue weighted by molar-refractivity contribution is 0.712. The first-order valence-corrected chi connectivity index (χ1v) is 6.06. The highest BCUT2D eigenvalue weighted by atomic mass is 35.5. The third kappa shape index (κ3) is 4.42. The van der Waals surface area contributed by atoms with Crippen LogP contribution in [0.25, 0.3) is 10.9 Å². The molecule has 2 N–H and O–H groups in total. The van der Waals surface area contributed by atoms with E-state index in [1.54, 1.807) is 0 Å². The van der Waals surface area contributed by atoms with Gasteiger partial charge in [0, 0.05) is 16.1 Å². The average Bonchev–Trinajstić information content (AvgIpc) is 2.72. The number of halogens is 4. The van der Waals surface area contributed by atoms with Gasteiger partial charge in [-0.15, -0.1) is 37.2 Å². The van der Waals surface area contributed by atoms with Crippen molar-refractivity contribution < 1.29 is 0 Å². The highest BCUT2D eigenvalue weighted by Gasteiger charge is 2.03. The van der Waals surface area contributed by atoms with Crippen LogP contribution in [0.1, 0.15) is 5.56 Å². The van der Waals surface area contributed by atoms with Crippen LogP contribution in [0.3, 0.4) is 0 Å². The zero-order chi connectivity index (χ0) is 12.5. The molecule has 3 aromatic rings. The van der Waals surface area contributed by atoms with Crippen molar-refractivity contribution in [2.45, 2.75) is 6.54 Å². The van der Waals surface area contributed by atoms with Crippen molar-refractivity contribution in [2.24, 2.45) is 0 Å². The molecule has 0 bridgehead atoms. The highest BCUT2D eigenvalue weighted by Crippen LogP contribution is 2.19. The lowest BCUT2D eigenvalue weighted by atomic mass is 10.2. The summed E-state index contributed by atoms with van der Waals surface area (Å²) in [5, 5.41) is 6.18. The van der Waals surface area contributed by atoms with Gasteiger partial charge in [-0.3, -0.25) is 4.68 Å². The van der Waals surface area contributed by atoms with Crippen molar-refractivity contribution in [3.05, 3.63) is 59.2 Å². The van der Waals surface area contributed by atoms with Gasteiger partial charge in [0.25, 0.3) is 0 Å². The standard InChI is InChI=1S/C14H12ClN3.3ClH/c15-12-3-1-2-10(6-12)9-18-14-5-4-13(16)7-11(14)8-17-18;;;/h1-8H,9,16H2;3*1H. The van der Waals surface area contributed by atoms with Crippen LogP contribution in [0, 0.1) is 0 Å². The summed E-state index contributed by atoms with van der Waals surface area (Å²) >= 11 is 5.98. The van der Waals surface area contributed by atoms with E-state index in [9.17, 15) is 0 Å². The Morgan fingerprint density at radius 1 is 1.05 bits per heavy atom. The largest absolute Gasteiger partial charge is 0.399 e. The van der Waals surface area contributed by atoms with E-state index in [1.165, 1.54) is 0 Å². The van der Waals surface area contributed by atoms with Crippen molar-refractivity contribution >= 4 is 65.4 Å². The Balaban J connectivity index is 0.00000133. The van der Waals surface area contributed by atoms with Gasteiger partial charge in [-0.05, 0) is 35.9 Å². The van der Waals surface area contributed by atoms with E-state index >= 15 is 0 Å². The molecule has 0 amide bonds. The first-order chi connectivity index (χ1) is 8.72. The maximum Gasteiger partial charge on any atom is 0.0687 e. The summed E-state index contributed by atoms with van der Waals surface area (Å²) in [5.41, 5.74) is 8.71. The topological polar surface area (TPSA) is 43.8 Å². The number of nitrogens with two attached hydrogens (primary N) is 1. The third-order valence-electron chi connectivity index (χ3n) is 2.89. The number of hydrogen-bond donors (Lipinski definition) is 1. The lowest BCUT2D eigenvalue weighted by Gasteiger charge is -2.04. The number of hydrogen-bond acceptors (Lipinski definition) is 2. The summed E-state index contributed by atoms with van der Waals surface area (Å²) in [7, 11) is 0. The molecule has 0 unspecified atom stereocenters. The van der Waals surface area contributed by atoms with Gasteiger partial charge in [0.15, 0.2) is 0 Å². The fraction of sp³-hybridized carbons (Fsp3) is 0.0714. The second kappa shape index (κ2) is 8.35. The van der Waals surface area contributed by atoms with Crippen LogP contribution < -0.4 is 5.73 Å². The molecule has 0 aliphatic rings. The molecular formula is C14H15Cl4N3. The molecule has 7 heteroatoms. The van der Waals surface area contributed by atoms with Gasteiger partial charge in [-0.25, -0.2) is 0 Å². The number of nitrogen functional groups attached to an aromatic ring is 1. The van der Waals surface area contributed by atoms with E-state index in [1.807, 2.05) is 53.3 Å². The van der Waals surface area contributed by atoms with Crippen molar-refractivity contribution in [2.75, 3.05) is 5.73 Å². The average molecular weight is 367 g/mol. The molecule has 0 saturated carbocycles. The molecule has 0 atom stereocenters. The molecular weight excluding hydrogens is 352 g/mol. The molecule has 114 valence electrons. The number of rotatable bonds is 2. The second-order valence-electron chi connectivity index (χ2n) is 4.25. The molecule has 0 fully saturated rings. The fourth-order valence-corrected chi connectivity index (χ4v) is 2.25. The van der Waals surface area contributed by atoms with Crippen LogP contribution in [0.5, 0.6) is 0 Å². The van der Waals surface area contributed by atoms with Crippen molar-refractivity contribution in [1.82, 2.24) is 9.78 Å². The molecule has 3 rings (SSSR count). The van der Waals surface area contributed by atoms with E-state index in [4.69, 9.17) is 17.3 Å². The van der Waals surface area contributed by atoms with Crippen LogP contribution >= 0.6 is 48.8 Å². The van der Waals surface area contributed by atoms with Crippen molar-refractivity contribution in [3.8, 4) is 0 Å². The van der Waals surface area contributed by atoms with Gasteiger partial charge < -0.3 is 5.73 Å². The number of nitrogens with zero attached hydrogens (tertiary/aromatic N) is 2. The Kier molecular flexibility index (Phi) is 7.90. The van der Waals surface area contributed by atoms with Crippen molar-refractivity contribution in [1.29, 1.82) is 0 Å². The molecule has 0 saturated heterocycles. The monoisotopic (exact) mass is 365 g/mol. The van der Waals surface area contributed by atoms with Gasteiger partial charge in [0.05, 0.1) is 18.3 Å². The van der Waals surface area contributed by atoms with Gasteiger partial charge >= 0.3 is 0 Å². The third-order valence-corrected chi connectivity index (χ3v) is 3.12.